The Hall–Kier alpha value is -2.14. The van der Waals surface area contributed by atoms with Crippen LogP contribution < -0.4 is 10.5 Å². The molecule has 0 amide bonds. The van der Waals surface area contributed by atoms with E-state index >= 15 is 0 Å². The maximum absolute atomic E-state index is 12.1. The first-order valence-corrected chi connectivity index (χ1v) is 6.39. The number of Topliss-reactive ketones (excluding diaryl/α,β-unsaturated/α-hetero) is 1. The summed E-state index contributed by atoms with van der Waals surface area (Å²) in [5, 5.41) is 4.36. The molecular formula is C14H14ClN3O2. The summed E-state index contributed by atoms with van der Waals surface area (Å²) in [4.78, 5) is 25.8. The molecule has 20 heavy (non-hydrogen) atoms. The van der Waals surface area contributed by atoms with Crippen molar-refractivity contribution in [2.24, 2.45) is 0 Å². The van der Waals surface area contributed by atoms with E-state index in [1.165, 1.54) is 6.07 Å². The molecule has 0 spiro atoms. The van der Waals surface area contributed by atoms with Crippen LogP contribution in [0.2, 0.25) is 5.02 Å². The van der Waals surface area contributed by atoms with Crippen LogP contribution in [0.4, 0.5) is 5.69 Å². The van der Waals surface area contributed by atoms with Gasteiger partial charge in [0.1, 0.15) is 6.54 Å². The van der Waals surface area contributed by atoms with Crippen LogP contribution in [0.1, 0.15) is 10.4 Å². The van der Waals surface area contributed by atoms with E-state index in [0.29, 0.717) is 16.3 Å². The van der Waals surface area contributed by atoms with E-state index < -0.39 is 0 Å². The summed E-state index contributed by atoms with van der Waals surface area (Å²) in [7, 11) is 3.63. The predicted octanol–water partition coefficient (Wildman–Crippen LogP) is 1.85. The Labute approximate surface area is 121 Å². The Balaban J connectivity index is 2.25. The number of aromatic nitrogens is 2. The summed E-state index contributed by atoms with van der Waals surface area (Å²) in [5.74, 6) is -0.247. The number of carbonyl (C=O) groups excluding carboxylic acids is 1. The molecule has 0 aliphatic carbocycles. The van der Waals surface area contributed by atoms with E-state index in [9.17, 15) is 9.59 Å². The summed E-state index contributed by atoms with van der Waals surface area (Å²) in [6, 6.07) is 8.18. The smallest absolute Gasteiger partial charge is 0.269 e. The van der Waals surface area contributed by atoms with Gasteiger partial charge in [-0.25, -0.2) is 4.68 Å². The fourth-order valence-electron chi connectivity index (χ4n) is 1.70. The maximum Gasteiger partial charge on any atom is 0.269 e. The van der Waals surface area contributed by atoms with E-state index in [2.05, 4.69) is 5.10 Å². The molecule has 0 atom stereocenters. The van der Waals surface area contributed by atoms with Crippen LogP contribution in [-0.4, -0.2) is 29.7 Å². The van der Waals surface area contributed by atoms with E-state index in [-0.39, 0.29) is 17.9 Å². The van der Waals surface area contributed by atoms with E-state index in [4.69, 9.17) is 11.6 Å². The zero-order chi connectivity index (χ0) is 14.7. The maximum atomic E-state index is 12.1. The second-order valence-corrected chi connectivity index (χ2v) is 4.91. The minimum atomic E-state index is -0.323. The first kappa shape index (κ1) is 14.3. The highest BCUT2D eigenvalue weighted by atomic mass is 35.5. The molecule has 104 valence electrons. The van der Waals surface area contributed by atoms with Gasteiger partial charge in [0.2, 0.25) is 0 Å². The van der Waals surface area contributed by atoms with Crippen LogP contribution in [0.25, 0.3) is 0 Å². The minimum Gasteiger partial charge on any atom is -0.376 e. The highest BCUT2D eigenvalue weighted by molar-refractivity contribution is 6.33. The van der Waals surface area contributed by atoms with E-state index in [1.807, 2.05) is 14.1 Å². The lowest BCUT2D eigenvalue weighted by molar-refractivity contribution is 0.0966. The fraction of sp³-hybridized carbons (Fsp3) is 0.214. The molecule has 1 heterocycles. The number of carbonyl (C=O) groups is 1. The van der Waals surface area contributed by atoms with Crippen molar-refractivity contribution in [3.05, 3.63) is 57.5 Å². The van der Waals surface area contributed by atoms with Crippen molar-refractivity contribution in [3.8, 4) is 0 Å². The Morgan fingerprint density at radius 2 is 2.05 bits per heavy atom. The zero-order valence-electron chi connectivity index (χ0n) is 11.2. The molecule has 0 radical (unpaired) electrons. The van der Waals surface area contributed by atoms with Crippen molar-refractivity contribution in [2.45, 2.75) is 6.54 Å². The van der Waals surface area contributed by atoms with Crippen LogP contribution in [-0.2, 0) is 6.54 Å². The summed E-state index contributed by atoms with van der Waals surface area (Å²) >= 11 is 5.96. The Bertz CT molecular complexity index is 695. The third kappa shape index (κ3) is 3.05. The van der Waals surface area contributed by atoms with Crippen molar-refractivity contribution < 1.29 is 4.79 Å². The number of anilines is 1. The van der Waals surface area contributed by atoms with Crippen LogP contribution in [0.15, 0.2) is 41.3 Å². The molecule has 0 N–H and O–H groups in total. The van der Waals surface area contributed by atoms with Gasteiger partial charge >= 0.3 is 0 Å². The molecule has 1 aromatic carbocycles. The van der Waals surface area contributed by atoms with Crippen LogP contribution >= 0.6 is 11.6 Å². The highest BCUT2D eigenvalue weighted by Gasteiger charge is 2.12. The van der Waals surface area contributed by atoms with Crippen molar-refractivity contribution in [2.75, 3.05) is 19.0 Å². The van der Waals surface area contributed by atoms with Gasteiger partial charge in [0.05, 0.1) is 16.9 Å². The van der Waals surface area contributed by atoms with Crippen LogP contribution in [0, 0.1) is 0 Å². The van der Waals surface area contributed by atoms with Gasteiger partial charge in [-0.2, -0.15) is 5.10 Å². The lowest BCUT2D eigenvalue weighted by Crippen LogP contribution is -2.27. The third-order valence-corrected chi connectivity index (χ3v) is 3.17. The standard InChI is InChI=1S/C14H14ClN3O2/c1-17(2)10-7-14(20)18(16-8-10)9-13(19)11-5-3-4-6-12(11)15/h3-8H,9H2,1-2H3. The number of benzene rings is 1. The molecule has 0 bridgehead atoms. The summed E-state index contributed by atoms with van der Waals surface area (Å²) in [6.07, 6.45) is 1.54. The first-order valence-electron chi connectivity index (χ1n) is 6.01. The number of hydrogen-bond acceptors (Lipinski definition) is 4. The molecule has 2 rings (SSSR count). The Morgan fingerprint density at radius 3 is 2.65 bits per heavy atom. The van der Waals surface area contributed by atoms with Gasteiger partial charge in [-0.05, 0) is 12.1 Å². The van der Waals surface area contributed by atoms with Crippen molar-refractivity contribution in [1.82, 2.24) is 9.78 Å². The number of halogens is 1. The summed E-state index contributed by atoms with van der Waals surface area (Å²) in [5.41, 5.74) is 0.757. The molecule has 0 saturated heterocycles. The average molecular weight is 292 g/mol. The molecule has 2 aromatic rings. The molecule has 5 nitrogen and oxygen atoms in total. The Kier molecular flexibility index (Phi) is 4.20. The molecule has 0 unspecified atom stereocenters. The molecule has 0 aliphatic rings. The van der Waals surface area contributed by atoms with Crippen molar-refractivity contribution in [3.63, 3.8) is 0 Å². The first-order chi connectivity index (χ1) is 9.49. The second kappa shape index (κ2) is 5.88. The summed E-state index contributed by atoms with van der Waals surface area (Å²) in [6.45, 7) is -0.129. The quantitative estimate of drug-likeness (QED) is 0.807. The number of hydrogen-bond donors (Lipinski definition) is 0. The lowest BCUT2D eigenvalue weighted by atomic mass is 10.1. The largest absolute Gasteiger partial charge is 0.376 e. The fourth-order valence-corrected chi connectivity index (χ4v) is 1.94. The molecular weight excluding hydrogens is 278 g/mol. The number of ketones is 1. The van der Waals surface area contributed by atoms with E-state index in [1.54, 1.807) is 35.4 Å². The van der Waals surface area contributed by atoms with Crippen molar-refractivity contribution in [1.29, 1.82) is 0 Å². The van der Waals surface area contributed by atoms with Crippen molar-refractivity contribution >= 4 is 23.1 Å². The molecule has 6 heteroatoms. The average Bonchev–Trinajstić information content (AvgIpc) is 2.41. The van der Waals surface area contributed by atoms with Gasteiger partial charge in [-0.3, -0.25) is 9.59 Å². The third-order valence-electron chi connectivity index (χ3n) is 2.84. The molecule has 0 fully saturated rings. The number of rotatable bonds is 4. The molecule has 0 saturated carbocycles. The van der Waals surface area contributed by atoms with Gasteiger partial charge in [0, 0.05) is 25.7 Å². The SMILES string of the molecule is CN(C)c1cnn(CC(=O)c2ccccc2Cl)c(=O)c1. The molecule has 0 aliphatic heterocycles. The molecule has 1 aromatic heterocycles. The van der Waals surface area contributed by atoms with Gasteiger partial charge in [0.15, 0.2) is 5.78 Å². The van der Waals surface area contributed by atoms with Crippen LogP contribution in [0.3, 0.4) is 0 Å². The van der Waals surface area contributed by atoms with Gasteiger partial charge < -0.3 is 4.90 Å². The minimum absolute atomic E-state index is 0.129. The predicted molar refractivity (Wildman–Crippen MR) is 78.6 cm³/mol. The van der Waals surface area contributed by atoms with Crippen LogP contribution in [0.5, 0.6) is 0 Å². The Morgan fingerprint density at radius 1 is 1.35 bits per heavy atom. The highest BCUT2D eigenvalue weighted by Crippen LogP contribution is 2.15. The zero-order valence-corrected chi connectivity index (χ0v) is 12.0. The topological polar surface area (TPSA) is 55.2 Å². The van der Waals surface area contributed by atoms with Gasteiger partial charge in [-0.1, -0.05) is 23.7 Å². The monoisotopic (exact) mass is 291 g/mol. The lowest BCUT2D eigenvalue weighted by Gasteiger charge is -2.12. The van der Waals surface area contributed by atoms with Gasteiger partial charge in [0.25, 0.3) is 5.56 Å². The van der Waals surface area contributed by atoms with Gasteiger partial charge in [-0.15, -0.1) is 0 Å². The number of nitrogens with zero attached hydrogens (tertiary/aromatic N) is 3. The second-order valence-electron chi connectivity index (χ2n) is 4.51. The summed E-state index contributed by atoms with van der Waals surface area (Å²) < 4.78 is 1.12. The van der Waals surface area contributed by atoms with E-state index in [0.717, 1.165) is 4.68 Å². The normalized spacial score (nSPS) is 10.3.